The van der Waals surface area contributed by atoms with E-state index in [1.165, 1.54) is 5.56 Å². The Bertz CT molecular complexity index is 596. The maximum atomic E-state index is 10.4. The van der Waals surface area contributed by atoms with Crippen LogP contribution < -0.4 is 10.1 Å². The number of rotatable bonds is 11. The number of hydrogen-bond donors (Lipinski definition) is 2. The molecule has 0 aliphatic rings. The van der Waals surface area contributed by atoms with E-state index < -0.39 is 5.97 Å². The molecule has 4 nitrogen and oxygen atoms in total. The number of benzene rings is 2. The number of ether oxygens (including phenoxy) is 1. The maximum Gasteiger partial charge on any atom is 0.304 e. The highest BCUT2D eigenvalue weighted by atomic mass is 16.5. The van der Waals surface area contributed by atoms with Crippen molar-refractivity contribution in [2.24, 2.45) is 0 Å². The molecule has 4 heteroatoms. The number of aryl methyl sites for hydroxylation is 1. The van der Waals surface area contributed by atoms with Crippen molar-refractivity contribution in [3.8, 4) is 5.75 Å². The minimum atomic E-state index is -0.779. The molecule has 0 saturated heterocycles. The quantitative estimate of drug-likeness (QED) is 0.619. The molecule has 0 amide bonds. The highest BCUT2D eigenvalue weighted by molar-refractivity contribution is 5.66. The molecular weight excluding hydrogens is 302 g/mol. The van der Waals surface area contributed by atoms with Gasteiger partial charge in [-0.25, -0.2) is 0 Å². The molecule has 0 aliphatic heterocycles. The average Bonchev–Trinajstić information content (AvgIpc) is 2.60. The monoisotopic (exact) mass is 327 g/mol. The third-order valence-electron chi connectivity index (χ3n) is 3.74. The number of hydrogen-bond acceptors (Lipinski definition) is 3. The Kier molecular flexibility index (Phi) is 7.84. The van der Waals surface area contributed by atoms with Crippen molar-refractivity contribution in [2.75, 3.05) is 13.2 Å². The predicted octanol–water partition coefficient (Wildman–Crippen LogP) is 3.65. The van der Waals surface area contributed by atoms with Crippen LogP contribution in [-0.4, -0.2) is 24.2 Å². The van der Waals surface area contributed by atoms with Gasteiger partial charge in [0.15, 0.2) is 0 Å². The lowest BCUT2D eigenvalue weighted by Crippen LogP contribution is -2.17. The average molecular weight is 327 g/mol. The Morgan fingerprint density at radius 2 is 1.71 bits per heavy atom. The third-order valence-corrected chi connectivity index (χ3v) is 3.74. The molecule has 0 heterocycles. The molecule has 128 valence electrons. The molecule has 0 aromatic heterocycles. The Hall–Kier alpha value is -2.33. The summed E-state index contributed by atoms with van der Waals surface area (Å²) in [6.45, 7) is 1.88. The van der Waals surface area contributed by atoms with Gasteiger partial charge in [0.05, 0.1) is 13.0 Å². The van der Waals surface area contributed by atoms with Crippen molar-refractivity contribution in [3.63, 3.8) is 0 Å². The Morgan fingerprint density at radius 1 is 0.958 bits per heavy atom. The van der Waals surface area contributed by atoms with Crippen LogP contribution in [0.2, 0.25) is 0 Å². The second-order valence-electron chi connectivity index (χ2n) is 5.76. The lowest BCUT2D eigenvalue weighted by molar-refractivity contribution is -0.136. The van der Waals surface area contributed by atoms with Crippen molar-refractivity contribution in [3.05, 3.63) is 65.7 Å². The molecule has 2 rings (SSSR count). The van der Waals surface area contributed by atoms with E-state index >= 15 is 0 Å². The number of carboxylic acids is 1. The van der Waals surface area contributed by atoms with Gasteiger partial charge in [-0.05, 0) is 42.5 Å². The van der Waals surface area contributed by atoms with Crippen LogP contribution in [-0.2, 0) is 17.8 Å². The number of carbonyl (C=O) groups is 1. The predicted molar refractivity (Wildman–Crippen MR) is 95.3 cm³/mol. The van der Waals surface area contributed by atoms with Gasteiger partial charge in [-0.15, -0.1) is 0 Å². The fourth-order valence-corrected chi connectivity index (χ4v) is 2.40. The molecule has 2 N–H and O–H groups in total. The van der Waals surface area contributed by atoms with Gasteiger partial charge in [0, 0.05) is 13.1 Å². The van der Waals surface area contributed by atoms with Gasteiger partial charge in [0.25, 0.3) is 0 Å². The summed E-state index contributed by atoms with van der Waals surface area (Å²) >= 11 is 0. The van der Waals surface area contributed by atoms with Gasteiger partial charge < -0.3 is 15.2 Å². The van der Waals surface area contributed by atoms with Gasteiger partial charge in [-0.1, -0.05) is 42.5 Å². The summed E-state index contributed by atoms with van der Waals surface area (Å²) in [7, 11) is 0. The minimum absolute atomic E-state index is 0.143. The fourth-order valence-electron chi connectivity index (χ4n) is 2.40. The molecule has 0 saturated carbocycles. The van der Waals surface area contributed by atoms with Gasteiger partial charge in [-0.3, -0.25) is 4.79 Å². The second kappa shape index (κ2) is 10.4. The molecule has 0 unspecified atom stereocenters. The van der Waals surface area contributed by atoms with Crippen molar-refractivity contribution in [2.45, 2.75) is 32.2 Å². The largest absolute Gasteiger partial charge is 0.494 e. The second-order valence-corrected chi connectivity index (χ2v) is 5.76. The van der Waals surface area contributed by atoms with Crippen molar-refractivity contribution < 1.29 is 14.6 Å². The van der Waals surface area contributed by atoms with Crippen LogP contribution in [0.3, 0.4) is 0 Å². The van der Waals surface area contributed by atoms with Crippen molar-refractivity contribution >= 4 is 5.97 Å². The number of nitrogens with one attached hydrogen (secondary N) is 1. The van der Waals surface area contributed by atoms with E-state index in [1.54, 1.807) is 0 Å². The summed E-state index contributed by atoms with van der Waals surface area (Å²) in [4.78, 5) is 10.4. The Morgan fingerprint density at radius 3 is 2.42 bits per heavy atom. The van der Waals surface area contributed by atoms with Crippen LogP contribution in [0.15, 0.2) is 54.6 Å². The first-order valence-electron chi connectivity index (χ1n) is 8.42. The smallest absolute Gasteiger partial charge is 0.304 e. The topological polar surface area (TPSA) is 58.6 Å². The van der Waals surface area contributed by atoms with Crippen LogP contribution >= 0.6 is 0 Å². The molecule has 0 bridgehead atoms. The van der Waals surface area contributed by atoms with Gasteiger partial charge in [0.2, 0.25) is 0 Å². The van der Waals surface area contributed by atoms with Crippen LogP contribution in [0.1, 0.15) is 30.4 Å². The van der Waals surface area contributed by atoms with Crippen LogP contribution in [0.25, 0.3) is 0 Å². The Labute approximate surface area is 143 Å². The first-order valence-corrected chi connectivity index (χ1v) is 8.42. The van der Waals surface area contributed by atoms with Crippen LogP contribution in [0.5, 0.6) is 5.75 Å². The summed E-state index contributed by atoms with van der Waals surface area (Å²) < 4.78 is 5.76. The van der Waals surface area contributed by atoms with Crippen molar-refractivity contribution in [1.29, 1.82) is 0 Å². The van der Waals surface area contributed by atoms with Gasteiger partial charge in [-0.2, -0.15) is 0 Å². The zero-order valence-electron chi connectivity index (χ0n) is 13.9. The summed E-state index contributed by atoms with van der Waals surface area (Å²) in [5.74, 6) is 0.0995. The molecule has 0 spiro atoms. The Balaban J connectivity index is 1.58. The molecule has 2 aromatic rings. The van der Waals surface area contributed by atoms with Gasteiger partial charge >= 0.3 is 5.97 Å². The van der Waals surface area contributed by atoms with Crippen molar-refractivity contribution in [1.82, 2.24) is 5.32 Å². The zero-order chi connectivity index (χ0) is 17.0. The van der Waals surface area contributed by atoms with Crippen LogP contribution in [0, 0.1) is 0 Å². The van der Waals surface area contributed by atoms with E-state index in [1.807, 2.05) is 30.3 Å². The van der Waals surface area contributed by atoms with Gasteiger partial charge in [0.1, 0.15) is 5.75 Å². The van der Waals surface area contributed by atoms with E-state index in [0.29, 0.717) is 13.1 Å². The maximum absolute atomic E-state index is 10.4. The first kappa shape index (κ1) is 18.0. The molecule has 2 aromatic carbocycles. The third kappa shape index (κ3) is 7.29. The molecule has 0 fully saturated rings. The molecule has 0 atom stereocenters. The lowest BCUT2D eigenvalue weighted by Gasteiger charge is -2.08. The lowest BCUT2D eigenvalue weighted by atomic mass is 10.1. The normalized spacial score (nSPS) is 10.5. The highest BCUT2D eigenvalue weighted by Crippen LogP contribution is 2.13. The molecule has 0 aliphatic carbocycles. The van der Waals surface area contributed by atoms with E-state index in [9.17, 15) is 4.79 Å². The number of carboxylic acid groups (broad SMARTS) is 1. The summed E-state index contributed by atoms with van der Waals surface area (Å²) in [6, 6.07) is 18.4. The standard InChI is InChI=1S/C20H25NO3/c22-20(23)13-14-21-16-18-9-11-19(12-10-18)24-15-5-4-8-17-6-2-1-3-7-17/h1-3,6-7,9-12,21H,4-5,8,13-16H2,(H,22,23). The highest BCUT2D eigenvalue weighted by Gasteiger charge is 1.99. The molecular formula is C20H25NO3. The number of aliphatic carboxylic acids is 1. The van der Waals surface area contributed by atoms with E-state index in [0.717, 1.165) is 37.2 Å². The molecule has 24 heavy (non-hydrogen) atoms. The minimum Gasteiger partial charge on any atom is -0.494 e. The SMILES string of the molecule is O=C(O)CCNCc1ccc(OCCCCc2ccccc2)cc1. The first-order chi connectivity index (χ1) is 11.7. The fraction of sp³-hybridized carbons (Fsp3) is 0.350. The summed E-state index contributed by atoms with van der Waals surface area (Å²) in [5, 5.41) is 11.7. The zero-order valence-corrected chi connectivity index (χ0v) is 13.9. The van der Waals surface area contributed by atoms with E-state index in [-0.39, 0.29) is 6.42 Å². The molecule has 0 radical (unpaired) electrons. The van der Waals surface area contributed by atoms with Crippen LogP contribution in [0.4, 0.5) is 0 Å². The van der Waals surface area contributed by atoms with E-state index in [2.05, 4.69) is 29.6 Å². The summed E-state index contributed by atoms with van der Waals surface area (Å²) in [5.41, 5.74) is 2.49. The summed E-state index contributed by atoms with van der Waals surface area (Å²) in [6.07, 6.45) is 3.39. The van der Waals surface area contributed by atoms with E-state index in [4.69, 9.17) is 9.84 Å². The number of unbranched alkanes of at least 4 members (excludes halogenated alkanes) is 1.